The number of nitrogens with two attached hydrogens (primary N) is 1. The average Bonchev–Trinajstić information content (AvgIpc) is 2.90. The molecule has 1 aliphatic heterocycles. The molecule has 0 aliphatic carbocycles. The van der Waals surface area contributed by atoms with Crippen LogP contribution in [0.15, 0.2) is 12.1 Å². The van der Waals surface area contributed by atoms with E-state index in [1.54, 1.807) is 12.1 Å². The Balaban J connectivity index is 2.19. The Kier molecular flexibility index (Phi) is 4.08. The normalized spacial score (nSPS) is 18.7. The van der Waals surface area contributed by atoms with Crippen molar-refractivity contribution in [2.45, 2.75) is 19.4 Å². The van der Waals surface area contributed by atoms with Gasteiger partial charge < -0.3 is 10.3 Å². The summed E-state index contributed by atoms with van der Waals surface area (Å²) in [5.74, 6) is 8.05. The number of anilines is 1. The molecule has 0 radical (unpaired) electrons. The number of aromatic nitrogens is 1. The summed E-state index contributed by atoms with van der Waals surface area (Å²) in [6.45, 7) is 1.85. The fourth-order valence-corrected chi connectivity index (χ4v) is 3.33. The Morgan fingerprint density at radius 3 is 3.00 bits per heavy atom. The zero-order chi connectivity index (χ0) is 13.1. The van der Waals surface area contributed by atoms with Gasteiger partial charge in [0, 0.05) is 30.1 Å². The van der Waals surface area contributed by atoms with E-state index in [0.29, 0.717) is 17.4 Å². The molecule has 18 heavy (non-hydrogen) atoms. The molecule has 1 fully saturated rings. The summed E-state index contributed by atoms with van der Waals surface area (Å²) in [4.78, 5) is 18.4. The van der Waals surface area contributed by atoms with Crippen molar-refractivity contribution in [3.63, 3.8) is 0 Å². The molecule has 1 atom stereocenters. The van der Waals surface area contributed by atoms with E-state index in [1.165, 1.54) is 0 Å². The van der Waals surface area contributed by atoms with Crippen LogP contribution in [0.3, 0.4) is 0 Å². The molecular weight excluding hydrogens is 248 g/mol. The summed E-state index contributed by atoms with van der Waals surface area (Å²) in [6.07, 6.45) is 1.07. The Bertz CT molecular complexity index is 446. The SMILES string of the molecule is Cc1cc(C(=O)N(C)C2CCSC2)cc(NN)n1. The Labute approximate surface area is 111 Å². The largest absolute Gasteiger partial charge is 0.338 e. The lowest BCUT2D eigenvalue weighted by molar-refractivity contribution is 0.0747. The van der Waals surface area contributed by atoms with Crippen LogP contribution in [0.4, 0.5) is 5.82 Å². The lowest BCUT2D eigenvalue weighted by Gasteiger charge is -2.24. The summed E-state index contributed by atoms with van der Waals surface area (Å²) in [6, 6.07) is 3.82. The fourth-order valence-electron chi connectivity index (χ4n) is 2.06. The monoisotopic (exact) mass is 266 g/mol. The molecule has 1 aromatic heterocycles. The van der Waals surface area contributed by atoms with Crippen LogP contribution >= 0.6 is 11.8 Å². The topological polar surface area (TPSA) is 71.2 Å². The molecule has 1 saturated heterocycles. The first kappa shape index (κ1) is 13.2. The van der Waals surface area contributed by atoms with E-state index in [9.17, 15) is 4.79 Å². The molecule has 0 aromatic carbocycles. The van der Waals surface area contributed by atoms with Crippen molar-refractivity contribution in [3.8, 4) is 0 Å². The second kappa shape index (κ2) is 5.58. The summed E-state index contributed by atoms with van der Waals surface area (Å²) in [7, 11) is 1.87. The van der Waals surface area contributed by atoms with Gasteiger partial charge in [-0.05, 0) is 31.2 Å². The summed E-state index contributed by atoms with van der Waals surface area (Å²) < 4.78 is 0. The van der Waals surface area contributed by atoms with Crippen LogP contribution < -0.4 is 11.3 Å². The van der Waals surface area contributed by atoms with Gasteiger partial charge in [0.05, 0.1) is 0 Å². The zero-order valence-electron chi connectivity index (χ0n) is 10.6. The second-order valence-electron chi connectivity index (χ2n) is 4.46. The number of thioether (sulfide) groups is 1. The van der Waals surface area contributed by atoms with Crippen molar-refractivity contribution in [3.05, 3.63) is 23.4 Å². The highest BCUT2D eigenvalue weighted by atomic mass is 32.2. The number of nitrogen functional groups attached to an aromatic ring is 1. The van der Waals surface area contributed by atoms with Crippen LogP contribution in [0.2, 0.25) is 0 Å². The molecular formula is C12H18N4OS. The smallest absolute Gasteiger partial charge is 0.254 e. The minimum Gasteiger partial charge on any atom is -0.338 e. The maximum atomic E-state index is 12.4. The first-order valence-corrected chi connectivity index (χ1v) is 7.07. The van der Waals surface area contributed by atoms with Crippen LogP contribution in [-0.2, 0) is 0 Å². The lowest BCUT2D eigenvalue weighted by Crippen LogP contribution is -2.37. The molecule has 0 spiro atoms. The molecule has 1 amide bonds. The van der Waals surface area contributed by atoms with Crippen molar-refractivity contribution >= 4 is 23.5 Å². The molecule has 2 heterocycles. The van der Waals surface area contributed by atoms with Gasteiger partial charge in [-0.15, -0.1) is 0 Å². The zero-order valence-corrected chi connectivity index (χ0v) is 11.5. The van der Waals surface area contributed by atoms with Crippen LogP contribution in [-0.4, -0.2) is 40.4 Å². The van der Waals surface area contributed by atoms with Crippen molar-refractivity contribution in [1.29, 1.82) is 0 Å². The number of aryl methyl sites for hydroxylation is 1. The van der Waals surface area contributed by atoms with Gasteiger partial charge >= 0.3 is 0 Å². The Morgan fingerprint density at radius 1 is 1.61 bits per heavy atom. The van der Waals surface area contributed by atoms with Crippen LogP contribution in [0, 0.1) is 6.92 Å². The van der Waals surface area contributed by atoms with E-state index in [4.69, 9.17) is 5.84 Å². The Morgan fingerprint density at radius 2 is 2.39 bits per heavy atom. The quantitative estimate of drug-likeness (QED) is 0.636. The van der Waals surface area contributed by atoms with Gasteiger partial charge in [0.15, 0.2) is 0 Å². The number of hydrogen-bond donors (Lipinski definition) is 2. The van der Waals surface area contributed by atoms with E-state index in [0.717, 1.165) is 23.6 Å². The number of nitrogens with zero attached hydrogens (tertiary/aromatic N) is 2. The second-order valence-corrected chi connectivity index (χ2v) is 5.61. The number of carbonyl (C=O) groups excluding carboxylic acids is 1. The Hall–Kier alpha value is -1.27. The van der Waals surface area contributed by atoms with E-state index in [2.05, 4.69) is 10.4 Å². The summed E-state index contributed by atoms with van der Waals surface area (Å²) in [5.41, 5.74) is 3.90. The van der Waals surface area contributed by atoms with Gasteiger partial charge in [-0.3, -0.25) is 4.79 Å². The molecule has 1 aliphatic rings. The molecule has 6 heteroatoms. The predicted octanol–water partition coefficient (Wildman–Crippen LogP) is 1.25. The third kappa shape index (κ3) is 2.76. The molecule has 0 saturated carbocycles. The molecule has 1 unspecified atom stereocenters. The first-order valence-electron chi connectivity index (χ1n) is 5.92. The standard InChI is InChI=1S/C12H18N4OS/c1-8-5-9(6-11(14-8)15-13)12(17)16(2)10-3-4-18-7-10/h5-6,10H,3-4,7,13H2,1-2H3,(H,14,15). The molecule has 0 bridgehead atoms. The summed E-state index contributed by atoms with van der Waals surface area (Å²) >= 11 is 1.90. The van der Waals surface area contributed by atoms with Gasteiger partial charge in [0.1, 0.15) is 5.82 Å². The minimum atomic E-state index is 0.0319. The number of carbonyl (C=O) groups is 1. The van der Waals surface area contributed by atoms with Crippen LogP contribution in [0.1, 0.15) is 22.5 Å². The van der Waals surface area contributed by atoms with Gasteiger partial charge in [-0.1, -0.05) is 0 Å². The molecule has 5 nitrogen and oxygen atoms in total. The van der Waals surface area contributed by atoms with Crippen molar-refractivity contribution < 1.29 is 4.79 Å². The number of pyridine rings is 1. The van der Waals surface area contributed by atoms with Crippen molar-refractivity contribution in [2.75, 3.05) is 24.0 Å². The molecule has 2 rings (SSSR count). The number of rotatable bonds is 3. The van der Waals surface area contributed by atoms with E-state index < -0.39 is 0 Å². The maximum absolute atomic E-state index is 12.4. The number of amides is 1. The fraction of sp³-hybridized carbons (Fsp3) is 0.500. The molecule has 1 aromatic rings. The van der Waals surface area contributed by atoms with E-state index >= 15 is 0 Å². The number of nitrogens with one attached hydrogen (secondary N) is 1. The van der Waals surface area contributed by atoms with Gasteiger partial charge in [-0.25, -0.2) is 10.8 Å². The van der Waals surface area contributed by atoms with E-state index in [1.807, 2.05) is 30.6 Å². The van der Waals surface area contributed by atoms with Crippen LogP contribution in [0.25, 0.3) is 0 Å². The maximum Gasteiger partial charge on any atom is 0.254 e. The first-order chi connectivity index (χ1) is 8.61. The average molecular weight is 266 g/mol. The minimum absolute atomic E-state index is 0.0319. The van der Waals surface area contributed by atoms with E-state index in [-0.39, 0.29) is 5.91 Å². The van der Waals surface area contributed by atoms with Crippen molar-refractivity contribution in [1.82, 2.24) is 9.88 Å². The third-order valence-electron chi connectivity index (χ3n) is 3.12. The molecule has 3 N–H and O–H groups in total. The van der Waals surface area contributed by atoms with Gasteiger partial charge in [-0.2, -0.15) is 11.8 Å². The van der Waals surface area contributed by atoms with Crippen molar-refractivity contribution in [2.24, 2.45) is 5.84 Å². The highest BCUT2D eigenvalue weighted by molar-refractivity contribution is 7.99. The van der Waals surface area contributed by atoms with Gasteiger partial charge in [0.25, 0.3) is 5.91 Å². The summed E-state index contributed by atoms with van der Waals surface area (Å²) in [5, 5.41) is 0. The number of hydrazine groups is 1. The highest BCUT2D eigenvalue weighted by Gasteiger charge is 2.24. The van der Waals surface area contributed by atoms with Crippen LogP contribution in [0.5, 0.6) is 0 Å². The number of hydrogen-bond acceptors (Lipinski definition) is 5. The molecule has 98 valence electrons. The lowest BCUT2D eigenvalue weighted by atomic mass is 10.1. The van der Waals surface area contributed by atoms with Gasteiger partial charge in [0.2, 0.25) is 0 Å². The highest BCUT2D eigenvalue weighted by Crippen LogP contribution is 2.23. The predicted molar refractivity (Wildman–Crippen MR) is 74.6 cm³/mol. The third-order valence-corrected chi connectivity index (χ3v) is 4.27.